The van der Waals surface area contributed by atoms with Crippen molar-refractivity contribution < 1.29 is 23.7 Å². The fourth-order valence-electron chi connectivity index (χ4n) is 2.88. The van der Waals surface area contributed by atoms with Crippen molar-refractivity contribution in [3.05, 3.63) is 53.1 Å². The zero-order valence-corrected chi connectivity index (χ0v) is 20.6. The van der Waals surface area contributed by atoms with Crippen molar-refractivity contribution in [1.29, 1.82) is 0 Å². The Morgan fingerprint density at radius 3 is 2.37 bits per heavy atom. The molecule has 0 aliphatic heterocycles. The van der Waals surface area contributed by atoms with Gasteiger partial charge in [-0.15, -0.1) is 11.8 Å². The second-order valence-electron chi connectivity index (χ2n) is 8.19. The maximum Gasteiger partial charge on any atom is 0.342 e. The SMILES string of the molecule is COCOc1c(OC)c(C)cc(CSc2ccccc2)c1C(=O)OCC[Si](C)(C)C. The molecule has 0 heterocycles. The van der Waals surface area contributed by atoms with Gasteiger partial charge >= 0.3 is 5.97 Å². The summed E-state index contributed by atoms with van der Waals surface area (Å²) in [6.45, 7) is 9.12. The van der Waals surface area contributed by atoms with Crippen LogP contribution in [-0.2, 0) is 15.2 Å². The second kappa shape index (κ2) is 11.4. The van der Waals surface area contributed by atoms with Crippen molar-refractivity contribution in [3.8, 4) is 11.5 Å². The Bertz CT molecular complexity index is 834. The largest absolute Gasteiger partial charge is 0.493 e. The van der Waals surface area contributed by atoms with E-state index >= 15 is 0 Å². The quantitative estimate of drug-likeness (QED) is 0.188. The Kier molecular flexibility index (Phi) is 9.26. The van der Waals surface area contributed by atoms with E-state index in [9.17, 15) is 4.79 Å². The number of ether oxygens (including phenoxy) is 4. The first-order valence-electron chi connectivity index (χ1n) is 9.94. The van der Waals surface area contributed by atoms with Gasteiger partial charge in [0.1, 0.15) is 5.56 Å². The molecule has 0 saturated heterocycles. The van der Waals surface area contributed by atoms with Crippen LogP contribution in [0.4, 0.5) is 0 Å². The third kappa shape index (κ3) is 7.07. The number of hydrogen-bond acceptors (Lipinski definition) is 6. The van der Waals surface area contributed by atoms with Gasteiger partial charge in [-0.1, -0.05) is 43.9 Å². The zero-order valence-electron chi connectivity index (χ0n) is 18.7. The molecule has 0 spiro atoms. The smallest absolute Gasteiger partial charge is 0.342 e. The molecule has 0 unspecified atom stereocenters. The van der Waals surface area contributed by atoms with Gasteiger partial charge in [0.2, 0.25) is 0 Å². The third-order valence-corrected chi connectivity index (χ3v) is 7.22. The highest BCUT2D eigenvalue weighted by Crippen LogP contribution is 2.39. The molecule has 164 valence electrons. The molecular formula is C23H32O5SSi. The second-order valence-corrected chi connectivity index (χ2v) is 14.9. The minimum atomic E-state index is -1.32. The first-order chi connectivity index (χ1) is 14.3. The Morgan fingerprint density at radius 2 is 1.77 bits per heavy atom. The lowest BCUT2D eigenvalue weighted by Gasteiger charge is -2.20. The van der Waals surface area contributed by atoms with Crippen LogP contribution in [0.15, 0.2) is 41.3 Å². The lowest BCUT2D eigenvalue weighted by atomic mass is 10.0. The summed E-state index contributed by atoms with van der Waals surface area (Å²) in [6, 6.07) is 13.0. The van der Waals surface area contributed by atoms with Crippen LogP contribution in [0.1, 0.15) is 21.5 Å². The average molecular weight is 449 g/mol. The summed E-state index contributed by atoms with van der Waals surface area (Å²) in [5, 5.41) is 0. The van der Waals surface area contributed by atoms with Crippen LogP contribution >= 0.6 is 11.8 Å². The molecule has 2 aromatic rings. The summed E-state index contributed by atoms with van der Waals surface area (Å²) in [5.74, 6) is 1.12. The van der Waals surface area contributed by atoms with Crippen LogP contribution in [-0.4, -0.2) is 41.7 Å². The van der Waals surface area contributed by atoms with Crippen molar-refractivity contribution in [2.45, 2.75) is 43.3 Å². The monoisotopic (exact) mass is 448 g/mol. The van der Waals surface area contributed by atoms with Crippen molar-refractivity contribution in [1.82, 2.24) is 0 Å². The van der Waals surface area contributed by atoms with E-state index in [0.717, 1.165) is 22.1 Å². The fourth-order valence-corrected chi connectivity index (χ4v) is 4.50. The first kappa shape index (κ1) is 24.3. The molecule has 5 nitrogen and oxygen atoms in total. The number of methoxy groups -OCH3 is 2. The van der Waals surface area contributed by atoms with Crippen molar-refractivity contribution >= 4 is 25.8 Å². The number of carbonyl (C=O) groups is 1. The molecule has 0 amide bonds. The Labute approximate surface area is 185 Å². The number of aryl methyl sites for hydroxylation is 1. The van der Waals surface area contributed by atoms with Gasteiger partial charge in [-0.25, -0.2) is 4.79 Å². The van der Waals surface area contributed by atoms with E-state index in [0.29, 0.717) is 29.4 Å². The molecule has 2 rings (SSSR count). The topological polar surface area (TPSA) is 54.0 Å². The van der Waals surface area contributed by atoms with Crippen molar-refractivity contribution in [3.63, 3.8) is 0 Å². The van der Waals surface area contributed by atoms with Gasteiger partial charge in [0, 0.05) is 25.8 Å². The summed E-state index contributed by atoms with van der Waals surface area (Å²) >= 11 is 1.66. The number of thioether (sulfide) groups is 1. The zero-order chi connectivity index (χ0) is 22.1. The molecule has 0 radical (unpaired) electrons. The summed E-state index contributed by atoms with van der Waals surface area (Å²) in [7, 11) is 1.80. The summed E-state index contributed by atoms with van der Waals surface area (Å²) in [5.41, 5.74) is 2.16. The fraction of sp³-hybridized carbons (Fsp3) is 0.435. The summed E-state index contributed by atoms with van der Waals surface area (Å²) < 4.78 is 22.1. The van der Waals surface area contributed by atoms with E-state index in [2.05, 4.69) is 31.8 Å². The molecule has 2 aromatic carbocycles. The normalized spacial score (nSPS) is 11.3. The van der Waals surface area contributed by atoms with Crippen LogP contribution in [0.2, 0.25) is 25.7 Å². The summed E-state index contributed by atoms with van der Waals surface area (Å²) in [6.07, 6.45) is 0. The van der Waals surface area contributed by atoms with Crippen LogP contribution < -0.4 is 9.47 Å². The van der Waals surface area contributed by atoms with E-state index in [1.807, 2.05) is 31.2 Å². The number of esters is 1. The van der Waals surface area contributed by atoms with Gasteiger partial charge in [-0.2, -0.15) is 0 Å². The predicted octanol–water partition coefficient (Wildman–Crippen LogP) is 5.77. The van der Waals surface area contributed by atoms with Crippen molar-refractivity contribution in [2.24, 2.45) is 0 Å². The molecular weight excluding hydrogens is 416 g/mol. The van der Waals surface area contributed by atoms with Gasteiger partial charge in [0.05, 0.1) is 13.7 Å². The molecule has 0 aliphatic carbocycles. The van der Waals surface area contributed by atoms with Gasteiger partial charge in [0.25, 0.3) is 0 Å². The highest BCUT2D eigenvalue weighted by atomic mass is 32.2. The molecule has 0 aromatic heterocycles. The van der Waals surface area contributed by atoms with Gasteiger partial charge in [0.15, 0.2) is 18.3 Å². The van der Waals surface area contributed by atoms with Crippen LogP contribution in [0.25, 0.3) is 0 Å². The maximum atomic E-state index is 13.1. The molecule has 7 heteroatoms. The van der Waals surface area contributed by atoms with Gasteiger partial charge in [-0.05, 0) is 36.2 Å². The standard InChI is InChI=1S/C23H32O5SSi/c1-17-14-18(15-29-19-10-8-7-9-11-19)20(22(21(17)26-3)28-16-25-2)23(24)27-12-13-30(4,5)6/h7-11,14H,12-13,15-16H2,1-6H3. The van der Waals surface area contributed by atoms with E-state index in [4.69, 9.17) is 18.9 Å². The minimum Gasteiger partial charge on any atom is -0.493 e. The highest BCUT2D eigenvalue weighted by Gasteiger charge is 2.26. The Morgan fingerprint density at radius 1 is 1.07 bits per heavy atom. The summed E-state index contributed by atoms with van der Waals surface area (Å²) in [4.78, 5) is 14.3. The van der Waals surface area contributed by atoms with Gasteiger partial charge in [-0.3, -0.25) is 0 Å². The Balaban J connectivity index is 2.39. The van der Waals surface area contributed by atoms with Crippen molar-refractivity contribution in [2.75, 3.05) is 27.6 Å². The molecule has 0 aliphatic rings. The van der Waals surface area contributed by atoms with E-state index in [1.54, 1.807) is 26.0 Å². The molecule has 0 N–H and O–H groups in total. The lowest BCUT2D eigenvalue weighted by molar-refractivity contribution is 0.0422. The molecule has 30 heavy (non-hydrogen) atoms. The minimum absolute atomic E-state index is 0.0142. The number of carbonyl (C=O) groups excluding carboxylic acids is 1. The molecule has 0 bridgehead atoms. The molecule has 0 fully saturated rings. The first-order valence-corrected chi connectivity index (χ1v) is 14.6. The lowest BCUT2D eigenvalue weighted by Crippen LogP contribution is -2.23. The van der Waals surface area contributed by atoms with Gasteiger partial charge < -0.3 is 18.9 Å². The average Bonchev–Trinajstić information content (AvgIpc) is 2.70. The maximum absolute atomic E-state index is 13.1. The number of benzene rings is 2. The number of hydrogen-bond donors (Lipinski definition) is 0. The van der Waals surface area contributed by atoms with E-state index < -0.39 is 8.07 Å². The van der Waals surface area contributed by atoms with E-state index in [1.165, 1.54) is 0 Å². The van der Waals surface area contributed by atoms with Crippen LogP contribution in [0.3, 0.4) is 0 Å². The predicted molar refractivity (Wildman–Crippen MR) is 125 cm³/mol. The van der Waals surface area contributed by atoms with E-state index in [-0.39, 0.29) is 12.8 Å². The van der Waals surface area contributed by atoms with Crippen LogP contribution in [0, 0.1) is 6.92 Å². The Hall–Kier alpha value is -1.96. The highest BCUT2D eigenvalue weighted by molar-refractivity contribution is 7.98. The number of rotatable bonds is 11. The third-order valence-electron chi connectivity index (χ3n) is 4.46. The van der Waals surface area contributed by atoms with Crippen LogP contribution in [0.5, 0.6) is 11.5 Å². The molecule has 0 atom stereocenters. The molecule has 0 saturated carbocycles.